The van der Waals surface area contributed by atoms with E-state index in [0.29, 0.717) is 36.2 Å². The number of ketones is 3. The lowest BCUT2D eigenvalue weighted by Gasteiger charge is -2.42. The van der Waals surface area contributed by atoms with E-state index < -0.39 is 157 Å². The predicted octanol–water partition coefficient (Wildman–Crippen LogP) is 0.669. The maximum Gasteiger partial charge on any atom is 0.466 e. The van der Waals surface area contributed by atoms with Crippen LogP contribution in [0.4, 0.5) is 10.5 Å². The molecule has 2 aliphatic heterocycles. The van der Waals surface area contributed by atoms with Gasteiger partial charge in [-0.05, 0) is 69.0 Å². The molecule has 2 fully saturated rings. The fourth-order valence-corrected chi connectivity index (χ4v) is 10.8. The molecule has 2 heterocycles. The number of aliphatic hydroxyl groups is 2. The summed E-state index contributed by atoms with van der Waals surface area (Å²) in [4.78, 5) is 143. The number of ether oxygens (including phenoxy) is 5. The van der Waals surface area contributed by atoms with Gasteiger partial charge in [0.15, 0.2) is 17.9 Å². The molecule has 0 radical (unpaired) electrons. The number of nitrogens with two attached hydrogens (primary N) is 1. The number of aliphatic hydroxyl groups excluding tert-OH is 1. The van der Waals surface area contributed by atoms with Gasteiger partial charge in [0, 0.05) is 55.0 Å². The summed E-state index contributed by atoms with van der Waals surface area (Å²) < 4.78 is 38.6. The number of phosphoric acid groups is 1. The molecule has 0 saturated carbocycles. The van der Waals surface area contributed by atoms with Crippen molar-refractivity contribution in [1.82, 2.24) is 26.2 Å². The van der Waals surface area contributed by atoms with E-state index >= 15 is 0 Å². The zero-order valence-corrected chi connectivity index (χ0v) is 49.2. The number of phenols is 2. The number of hydrogen-bond donors (Lipinski definition) is 13. The third kappa shape index (κ3) is 16.3. The molecule has 14 N–H and O–H groups in total. The first kappa shape index (κ1) is 67.3. The highest BCUT2D eigenvalue weighted by molar-refractivity contribution is 7.45. The van der Waals surface area contributed by atoms with Crippen molar-refractivity contribution >= 4 is 66.5 Å². The number of carbonyl (C=O) groups is 9. The van der Waals surface area contributed by atoms with Gasteiger partial charge in [-0.1, -0.05) is 54.6 Å². The number of Topliss-reactive ketones (excluding diaryl/α,β-unsaturated/α-hetero) is 1. The van der Waals surface area contributed by atoms with Gasteiger partial charge in [0.2, 0.25) is 35.3 Å². The molecule has 4 aliphatic rings. The fraction of sp³-hybridized carbons (Fsp3) is 0.431. The van der Waals surface area contributed by atoms with Crippen LogP contribution in [0.15, 0.2) is 72.8 Å². The summed E-state index contributed by atoms with van der Waals surface area (Å²) >= 11 is 0. The van der Waals surface area contributed by atoms with Crippen molar-refractivity contribution in [2.45, 2.75) is 127 Å². The van der Waals surface area contributed by atoms with Crippen LogP contribution in [0.3, 0.4) is 0 Å². The molecule has 88 heavy (non-hydrogen) atoms. The standard InChI is InChI=1S/C58H67N7O18.H3O4P/c1-29(61-43(69)25-60-31(3)67)54(74)64-38(21-32-11-6-5-7-12-32)56(76)63-37(14-8-9-20-59)55(75)62-34-18-16-33(17-19-34)27-80-57(77)65-28-81-53-30(2)82-44(22-39(53)65)83-41-24-58(78,42(68)26-66)23-36-46(41)52(73)48-47(50(36)71)49(70)35-13-10-15-40(79-4)45(35)51(48)72;1-5(2,3)4/h5-7,10-13,15-19,29-30,37-39,41,44,53,66,71,73,78H,8-9,14,20-28,59H2,1-4H3,(H,60,67)(H,61,69)(H,62,75)(H,63,76)(H,64,74);(H3,1,2,3,4)/t29-,30+,37+,38+,39+,41+,44+,53-,58+;/m1./s1. The van der Waals surface area contributed by atoms with Crippen molar-refractivity contribution in [2.24, 2.45) is 5.73 Å². The second kappa shape index (κ2) is 29.2. The number of anilines is 1. The average Bonchev–Trinajstić information content (AvgIpc) is 0.812. The Morgan fingerprint density at radius 1 is 0.841 bits per heavy atom. The summed E-state index contributed by atoms with van der Waals surface area (Å²) in [5.41, 5.74) is 3.14. The summed E-state index contributed by atoms with van der Waals surface area (Å²) in [6.07, 6.45) is -4.99. The Balaban J connectivity index is 0.00000212. The molecule has 2 saturated heterocycles. The summed E-state index contributed by atoms with van der Waals surface area (Å²) in [7, 11) is -3.34. The summed E-state index contributed by atoms with van der Waals surface area (Å²) in [5.74, 6) is -7.14. The molecule has 0 bridgehead atoms. The van der Waals surface area contributed by atoms with Gasteiger partial charge >= 0.3 is 13.9 Å². The summed E-state index contributed by atoms with van der Waals surface area (Å²) in [6.45, 7) is 2.78. The minimum absolute atomic E-state index is 0.0417. The van der Waals surface area contributed by atoms with Gasteiger partial charge in [-0.3, -0.25) is 43.3 Å². The van der Waals surface area contributed by atoms with Crippen molar-refractivity contribution < 1.29 is 107 Å². The van der Waals surface area contributed by atoms with Crippen molar-refractivity contribution in [3.8, 4) is 17.2 Å². The van der Waals surface area contributed by atoms with Crippen LogP contribution in [0, 0.1) is 0 Å². The Kier molecular flexibility index (Phi) is 22.3. The predicted molar refractivity (Wildman–Crippen MR) is 306 cm³/mol. The number of unbranched alkanes of at least 4 members (excludes halogenated alkanes) is 1. The van der Waals surface area contributed by atoms with E-state index in [1.807, 2.05) is 0 Å². The van der Waals surface area contributed by atoms with Gasteiger partial charge in [0.25, 0.3) is 0 Å². The lowest BCUT2D eigenvalue weighted by Crippen LogP contribution is -2.56. The number of phenolic OH excluding ortho intramolecular Hbond substituents is 2. The highest BCUT2D eigenvalue weighted by Crippen LogP contribution is 2.53. The van der Waals surface area contributed by atoms with Gasteiger partial charge in [0.1, 0.15) is 67.0 Å². The van der Waals surface area contributed by atoms with Crippen LogP contribution < -0.4 is 37.1 Å². The zero-order valence-electron chi connectivity index (χ0n) is 48.3. The first-order chi connectivity index (χ1) is 41.7. The second-order valence-corrected chi connectivity index (χ2v) is 22.4. The molecule has 0 spiro atoms. The van der Waals surface area contributed by atoms with Gasteiger partial charge in [0.05, 0.1) is 48.6 Å². The Labute approximate surface area is 503 Å². The van der Waals surface area contributed by atoms with E-state index in [1.54, 1.807) is 61.5 Å². The van der Waals surface area contributed by atoms with E-state index in [4.69, 9.17) is 48.7 Å². The quantitative estimate of drug-likeness (QED) is 0.0257. The second-order valence-electron chi connectivity index (χ2n) is 21.4. The van der Waals surface area contributed by atoms with Crippen LogP contribution in [-0.4, -0.2) is 175 Å². The highest BCUT2D eigenvalue weighted by atomic mass is 31.2. The maximum atomic E-state index is 14.1. The van der Waals surface area contributed by atoms with Crippen LogP contribution in [0.1, 0.15) is 113 Å². The van der Waals surface area contributed by atoms with E-state index in [9.17, 15) is 63.6 Å². The molecule has 0 unspecified atom stereocenters. The normalized spacial score (nSPS) is 21.0. The van der Waals surface area contributed by atoms with Crippen LogP contribution in [-0.2, 0) is 71.7 Å². The molecular weight excluding hydrogens is 1180 g/mol. The SMILES string of the molecule is COc1cccc2c1C(=O)c1c(O)c3c(c(O)c1C2=O)C[C@@](O)(C(=O)CO)C[C@@H]3O[C@H]1C[C@H]2[C@H](OCN2C(=O)OCc2ccc(NC(=O)[C@H](CCCCN)NC(=O)[C@H](Cc3ccccc3)NC(=O)[C@@H](C)NC(=O)CNC(C)=O)cc2)[C@H](C)O1.O=P(O)(O)O. The Bertz CT molecular complexity index is 3340. The highest BCUT2D eigenvalue weighted by Gasteiger charge is 2.52. The molecule has 474 valence electrons. The van der Waals surface area contributed by atoms with E-state index in [0.717, 1.165) is 0 Å². The minimum Gasteiger partial charge on any atom is -0.507 e. The molecule has 4 aromatic rings. The largest absolute Gasteiger partial charge is 0.507 e. The molecule has 0 aromatic heterocycles. The van der Waals surface area contributed by atoms with E-state index in [2.05, 4.69) is 26.6 Å². The lowest BCUT2D eigenvalue weighted by atomic mass is 9.72. The number of amides is 6. The smallest absolute Gasteiger partial charge is 0.466 e. The third-order valence-corrected chi connectivity index (χ3v) is 15.1. The number of nitrogens with zero attached hydrogens (tertiary/aromatic N) is 1. The number of rotatable bonds is 22. The van der Waals surface area contributed by atoms with Gasteiger partial charge in [-0.25, -0.2) is 9.36 Å². The van der Waals surface area contributed by atoms with Crippen molar-refractivity contribution in [3.05, 3.63) is 117 Å². The van der Waals surface area contributed by atoms with E-state index in [-0.39, 0.29) is 67.1 Å². The van der Waals surface area contributed by atoms with Gasteiger partial charge in [-0.15, -0.1) is 0 Å². The molecule has 6 amide bonds. The average molecular weight is 1250 g/mol. The van der Waals surface area contributed by atoms with Crippen LogP contribution >= 0.6 is 7.82 Å². The molecule has 2 aliphatic carbocycles. The number of methoxy groups -OCH3 is 1. The van der Waals surface area contributed by atoms with E-state index in [1.165, 1.54) is 44.1 Å². The number of nitrogens with one attached hydrogen (secondary N) is 5. The minimum atomic E-state index is -4.64. The monoisotopic (exact) mass is 1250 g/mol. The maximum absolute atomic E-state index is 14.1. The molecule has 29 nitrogen and oxygen atoms in total. The number of benzene rings is 4. The Morgan fingerprint density at radius 2 is 1.51 bits per heavy atom. The van der Waals surface area contributed by atoms with Crippen molar-refractivity contribution in [2.75, 3.05) is 38.9 Å². The van der Waals surface area contributed by atoms with Crippen molar-refractivity contribution in [3.63, 3.8) is 0 Å². The van der Waals surface area contributed by atoms with Gasteiger partial charge < -0.3 is 91.1 Å². The molecule has 30 heteroatoms. The van der Waals surface area contributed by atoms with Crippen LogP contribution in [0.5, 0.6) is 17.2 Å². The number of fused-ring (bicyclic) bond motifs is 4. The Morgan fingerprint density at radius 3 is 2.16 bits per heavy atom. The number of hydrogen-bond acceptors (Lipinski definition) is 20. The lowest BCUT2D eigenvalue weighted by molar-refractivity contribution is -0.246. The summed E-state index contributed by atoms with van der Waals surface area (Å²) in [5, 5.41) is 58.5. The number of carbonyl (C=O) groups excluding carboxylic acids is 9. The summed E-state index contributed by atoms with van der Waals surface area (Å²) in [6, 6.07) is 15.5. The van der Waals surface area contributed by atoms with Crippen LogP contribution in [0.2, 0.25) is 0 Å². The molecular formula is C58H70N7O22P. The molecule has 4 aromatic carbocycles. The number of aromatic hydroxyl groups is 2. The fourth-order valence-electron chi connectivity index (χ4n) is 10.8. The third-order valence-electron chi connectivity index (χ3n) is 15.1. The van der Waals surface area contributed by atoms with Crippen LogP contribution in [0.25, 0.3) is 0 Å². The van der Waals surface area contributed by atoms with Gasteiger partial charge in [-0.2, -0.15) is 0 Å². The molecule has 9 atom stereocenters. The first-order valence-corrected chi connectivity index (χ1v) is 29.4. The van der Waals surface area contributed by atoms with Crippen molar-refractivity contribution in [1.29, 1.82) is 0 Å². The first-order valence-electron chi connectivity index (χ1n) is 27.8. The topological polar surface area (TPSA) is 448 Å². The Hall–Kier alpha value is -8.22. The zero-order chi connectivity index (χ0) is 64.4. The molecule has 8 rings (SSSR count).